The molecular formula is C26H43Cl. The highest BCUT2D eigenvalue weighted by Crippen LogP contribution is 2.66. The van der Waals surface area contributed by atoms with Crippen molar-refractivity contribution in [1.82, 2.24) is 0 Å². The second-order valence-corrected chi connectivity index (χ2v) is 12.2. The van der Waals surface area contributed by atoms with Gasteiger partial charge in [-0.1, -0.05) is 58.6 Å². The van der Waals surface area contributed by atoms with Crippen molar-refractivity contribution in [2.75, 3.05) is 0 Å². The molecule has 0 aromatic heterocycles. The highest BCUT2D eigenvalue weighted by Gasteiger charge is 2.58. The summed E-state index contributed by atoms with van der Waals surface area (Å²) in [6.07, 6.45) is 19.6. The van der Waals surface area contributed by atoms with E-state index in [4.69, 9.17) is 11.6 Å². The van der Waals surface area contributed by atoms with E-state index in [0.29, 0.717) is 16.2 Å². The van der Waals surface area contributed by atoms with E-state index in [1.165, 1.54) is 77.0 Å². The van der Waals surface area contributed by atoms with Crippen molar-refractivity contribution in [2.24, 2.45) is 40.4 Å². The lowest BCUT2D eigenvalue weighted by Gasteiger charge is -2.58. The van der Waals surface area contributed by atoms with Crippen LogP contribution in [0.1, 0.15) is 105 Å². The Morgan fingerprint density at radius 3 is 2.63 bits per heavy atom. The summed E-state index contributed by atoms with van der Waals surface area (Å²) in [6, 6.07) is 0. The predicted octanol–water partition coefficient (Wildman–Crippen LogP) is 8.39. The summed E-state index contributed by atoms with van der Waals surface area (Å²) in [4.78, 5) is 0. The van der Waals surface area contributed by atoms with E-state index in [0.717, 1.165) is 29.6 Å². The van der Waals surface area contributed by atoms with E-state index < -0.39 is 0 Å². The van der Waals surface area contributed by atoms with Gasteiger partial charge in [0.25, 0.3) is 0 Å². The van der Waals surface area contributed by atoms with Gasteiger partial charge in [0.1, 0.15) is 0 Å². The molecule has 0 heterocycles. The lowest BCUT2D eigenvalue weighted by Crippen LogP contribution is -2.50. The molecule has 0 aliphatic heterocycles. The molecule has 1 heteroatoms. The largest absolute Gasteiger partial charge is 0.123 e. The van der Waals surface area contributed by atoms with Gasteiger partial charge in [-0.15, -0.1) is 11.6 Å². The highest BCUT2D eigenvalue weighted by atomic mass is 35.5. The molecule has 0 bridgehead atoms. The van der Waals surface area contributed by atoms with Gasteiger partial charge in [0.05, 0.1) is 0 Å². The normalized spacial score (nSPS) is 46.6. The van der Waals surface area contributed by atoms with Gasteiger partial charge in [-0.25, -0.2) is 0 Å². The Hall–Kier alpha value is 0.0300. The Bertz CT molecular complexity index is 563. The number of fused-ring (bicyclic) bond motifs is 5. The first-order chi connectivity index (χ1) is 12.8. The number of unbranched alkanes of at least 4 members (excludes halogenated alkanes) is 1. The second kappa shape index (κ2) is 7.70. The molecule has 4 aliphatic rings. The number of hydrogen-bond acceptors (Lipinski definition) is 0. The number of rotatable bonds is 5. The van der Waals surface area contributed by atoms with Gasteiger partial charge in [-0.3, -0.25) is 0 Å². The average molecular weight is 391 g/mol. The zero-order chi connectivity index (χ0) is 19.2. The fourth-order valence-corrected chi connectivity index (χ4v) is 8.42. The minimum absolute atomic E-state index is 0.399. The van der Waals surface area contributed by atoms with Gasteiger partial charge in [-0.2, -0.15) is 0 Å². The third-order valence-corrected chi connectivity index (χ3v) is 10.2. The quantitative estimate of drug-likeness (QED) is 0.251. The average Bonchev–Trinajstić information content (AvgIpc) is 2.96. The summed E-state index contributed by atoms with van der Waals surface area (Å²) in [5, 5.41) is 0.399. The Morgan fingerprint density at radius 2 is 1.85 bits per heavy atom. The molecule has 4 rings (SSSR count). The molecule has 0 nitrogen and oxygen atoms in total. The van der Waals surface area contributed by atoms with Crippen LogP contribution in [-0.2, 0) is 0 Å². The molecule has 0 amide bonds. The van der Waals surface area contributed by atoms with Gasteiger partial charge >= 0.3 is 0 Å². The Labute approximate surface area is 173 Å². The molecule has 3 fully saturated rings. The maximum Gasteiger partial charge on any atom is 0.0373 e. The van der Waals surface area contributed by atoms with Crippen molar-refractivity contribution in [3.05, 3.63) is 11.6 Å². The molecule has 7 atom stereocenters. The van der Waals surface area contributed by atoms with Gasteiger partial charge in [0.2, 0.25) is 0 Å². The van der Waals surface area contributed by atoms with Crippen molar-refractivity contribution < 1.29 is 0 Å². The van der Waals surface area contributed by atoms with Crippen LogP contribution in [0.15, 0.2) is 11.6 Å². The first-order valence-corrected chi connectivity index (χ1v) is 12.6. The Morgan fingerprint density at radius 1 is 1.04 bits per heavy atom. The van der Waals surface area contributed by atoms with Crippen LogP contribution in [0.2, 0.25) is 0 Å². The number of halogens is 1. The van der Waals surface area contributed by atoms with Gasteiger partial charge in [-0.05, 0) is 98.2 Å². The monoisotopic (exact) mass is 390 g/mol. The molecule has 3 saturated carbocycles. The van der Waals surface area contributed by atoms with Crippen LogP contribution in [0, 0.1) is 40.4 Å². The number of hydrogen-bond donors (Lipinski definition) is 0. The van der Waals surface area contributed by atoms with Crippen LogP contribution in [-0.4, -0.2) is 5.38 Å². The summed E-state index contributed by atoms with van der Waals surface area (Å²) >= 11 is 6.54. The summed E-state index contributed by atoms with van der Waals surface area (Å²) in [5.41, 5.74) is 2.86. The molecule has 0 N–H and O–H groups in total. The minimum atomic E-state index is 0.399. The third kappa shape index (κ3) is 3.55. The zero-order valence-electron chi connectivity index (χ0n) is 18.4. The summed E-state index contributed by atoms with van der Waals surface area (Å²) < 4.78 is 0. The van der Waals surface area contributed by atoms with E-state index >= 15 is 0 Å². The van der Waals surface area contributed by atoms with Crippen LogP contribution in [0.5, 0.6) is 0 Å². The topological polar surface area (TPSA) is 0 Å². The van der Waals surface area contributed by atoms with E-state index in [-0.39, 0.29) is 0 Å². The lowest BCUT2D eigenvalue weighted by atomic mass is 9.47. The first-order valence-electron chi connectivity index (χ1n) is 12.2. The molecule has 0 spiro atoms. The molecule has 0 aromatic carbocycles. The summed E-state index contributed by atoms with van der Waals surface area (Å²) in [7, 11) is 0. The summed E-state index contributed by atoms with van der Waals surface area (Å²) in [6.45, 7) is 10.1. The molecule has 4 aliphatic carbocycles. The van der Waals surface area contributed by atoms with Gasteiger partial charge in [0.15, 0.2) is 0 Å². The van der Waals surface area contributed by atoms with E-state index in [1.54, 1.807) is 5.57 Å². The molecular weight excluding hydrogens is 348 g/mol. The maximum atomic E-state index is 6.54. The molecule has 0 aromatic rings. The number of alkyl halides is 1. The number of allylic oxidation sites excluding steroid dienone is 2. The minimum Gasteiger partial charge on any atom is -0.123 e. The Kier molecular flexibility index (Phi) is 5.79. The van der Waals surface area contributed by atoms with E-state index in [2.05, 4.69) is 33.8 Å². The van der Waals surface area contributed by atoms with Crippen LogP contribution >= 0.6 is 11.6 Å². The van der Waals surface area contributed by atoms with Crippen LogP contribution in [0.25, 0.3) is 0 Å². The van der Waals surface area contributed by atoms with Crippen molar-refractivity contribution in [2.45, 2.75) is 110 Å². The molecule has 27 heavy (non-hydrogen) atoms. The van der Waals surface area contributed by atoms with Crippen LogP contribution in [0.4, 0.5) is 0 Å². The van der Waals surface area contributed by atoms with Crippen LogP contribution in [0.3, 0.4) is 0 Å². The Balaban J connectivity index is 1.46. The van der Waals surface area contributed by atoms with Gasteiger partial charge in [0, 0.05) is 5.38 Å². The van der Waals surface area contributed by atoms with Crippen molar-refractivity contribution in [1.29, 1.82) is 0 Å². The lowest BCUT2D eigenvalue weighted by molar-refractivity contribution is -0.0423. The second-order valence-electron chi connectivity index (χ2n) is 11.6. The van der Waals surface area contributed by atoms with Gasteiger partial charge < -0.3 is 0 Å². The molecule has 0 radical (unpaired) electrons. The third-order valence-electron chi connectivity index (χ3n) is 9.82. The standard InChI is InChI=1S/C26H43Cl/c1-18(2)7-5-6-8-19-10-12-23-22-11-9-20-17-21(27)13-15-26(20,4)24(22)14-16-25(19,23)3/h9,18-19,21-24H,5-8,10-17H2,1-4H3. The van der Waals surface area contributed by atoms with E-state index in [9.17, 15) is 0 Å². The van der Waals surface area contributed by atoms with Crippen molar-refractivity contribution in [3.63, 3.8) is 0 Å². The molecule has 154 valence electrons. The molecule has 7 unspecified atom stereocenters. The maximum absolute atomic E-state index is 6.54. The predicted molar refractivity (Wildman–Crippen MR) is 118 cm³/mol. The van der Waals surface area contributed by atoms with Crippen molar-refractivity contribution in [3.8, 4) is 0 Å². The van der Waals surface area contributed by atoms with Crippen LogP contribution < -0.4 is 0 Å². The zero-order valence-corrected chi connectivity index (χ0v) is 19.2. The van der Waals surface area contributed by atoms with E-state index in [1.807, 2.05) is 0 Å². The SMILES string of the molecule is CC(C)CCCCC1CCC2C3CC=C4CC(Cl)CCC4(C)C3CCC12C. The first kappa shape index (κ1) is 20.3. The van der Waals surface area contributed by atoms with Crippen molar-refractivity contribution >= 4 is 11.6 Å². The fraction of sp³-hybridized carbons (Fsp3) is 0.923. The molecule has 0 saturated heterocycles. The highest BCUT2D eigenvalue weighted by molar-refractivity contribution is 6.20. The fourth-order valence-electron chi connectivity index (χ4n) is 8.14. The smallest absolute Gasteiger partial charge is 0.0373 e. The summed E-state index contributed by atoms with van der Waals surface area (Å²) in [5.74, 6) is 4.78.